The normalized spacial score (nSPS) is 11.8. The zero-order valence-corrected chi connectivity index (χ0v) is 12.9. The number of anilines is 1. The molecule has 1 N–H and O–H groups in total. The second kappa shape index (κ2) is 6.58. The Morgan fingerprint density at radius 3 is 2.55 bits per heavy atom. The van der Waals surface area contributed by atoms with Gasteiger partial charge in [-0.25, -0.2) is 0 Å². The van der Waals surface area contributed by atoms with E-state index in [2.05, 4.69) is 5.32 Å². The zero-order chi connectivity index (χ0) is 16.3. The summed E-state index contributed by atoms with van der Waals surface area (Å²) in [5.74, 6) is -0.214. The number of nitro benzene ring substituents is 1. The van der Waals surface area contributed by atoms with E-state index in [1.807, 2.05) is 25.1 Å². The molecule has 0 amide bonds. The first-order valence-electron chi connectivity index (χ1n) is 6.70. The minimum Gasteiger partial charge on any atom is -0.373 e. The molecule has 6 heteroatoms. The average molecular weight is 319 g/mol. The second-order valence-electron chi connectivity index (χ2n) is 4.93. The fraction of sp³-hybridized carbons (Fsp3) is 0.188. The molecule has 2 rings (SSSR count). The van der Waals surface area contributed by atoms with Gasteiger partial charge in [0.05, 0.1) is 11.0 Å². The Bertz CT molecular complexity index is 731. The smallest absolute Gasteiger partial charge is 0.293 e. The van der Waals surface area contributed by atoms with Crippen LogP contribution in [-0.2, 0) is 0 Å². The van der Waals surface area contributed by atoms with Crippen molar-refractivity contribution in [1.29, 1.82) is 0 Å². The maximum absolute atomic E-state index is 11.4. The standard InChI is InChI=1S/C16H15ClN2O3/c1-10(13-5-3-4-6-14(13)17)18-15-8-7-12(11(2)20)9-16(15)19(21)22/h3-10,18H,1-2H3/t10-/m0/s1. The van der Waals surface area contributed by atoms with Crippen molar-refractivity contribution in [3.63, 3.8) is 0 Å². The molecule has 0 bridgehead atoms. The van der Waals surface area contributed by atoms with Crippen molar-refractivity contribution in [2.45, 2.75) is 19.9 Å². The molecule has 2 aromatic rings. The van der Waals surface area contributed by atoms with Crippen LogP contribution < -0.4 is 5.32 Å². The molecule has 0 saturated carbocycles. The summed E-state index contributed by atoms with van der Waals surface area (Å²) in [4.78, 5) is 22.1. The molecule has 0 aliphatic carbocycles. The van der Waals surface area contributed by atoms with Gasteiger partial charge in [-0.3, -0.25) is 14.9 Å². The van der Waals surface area contributed by atoms with Gasteiger partial charge in [-0.1, -0.05) is 29.8 Å². The number of hydrogen-bond donors (Lipinski definition) is 1. The lowest BCUT2D eigenvalue weighted by Gasteiger charge is -2.17. The summed E-state index contributed by atoms with van der Waals surface area (Å²) in [6.45, 7) is 3.24. The highest BCUT2D eigenvalue weighted by Gasteiger charge is 2.18. The van der Waals surface area contributed by atoms with E-state index < -0.39 is 4.92 Å². The van der Waals surface area contributed by atoms with Crippen LogP contribution in [-0.4, -0.2) is 10.7 Å². The summed E-state index contributed by atoms with van der Waals surface area (Å²) in [6.07, 6.45) is 0. The Labute approximate surface area is 133 Å². The molecule has 1 atom stereocenters. The van der Waals surface area contributed by atoms with Crippen LogP contribution in [0.4, 0.5) is 11.4 Å². The third kappa shape index (κ3) is 3.43. The topological polar surface area (TPSA) is 72.2 Å². The number of carbonyl (C=O) groups is 1. The quantitative estimate of drug-likeness (QED) is 0.496. The molecular weight excluding hydrogens is 304 g/mol. The molecule has 0 aromatic heterocycles. The van der Waals surface area contributed by atoms with E-state index >= 15 is 0 Å². The first-order chi connectivity index (χ1) is 10.4. The lowest BCUT2D eigenvalue weighted by molar-refractivity contribution is -0.384. The van der Waals surface area contributed by atoms with E-state index in [1.54, 1.807) is 18.2 Å². The van der Waals surface area contributed by atoms with Gasteiger partial charge < -0.3 is 5.32 Å². The molecule has 0 unspecified atom stereocenters. The highest BCUT2D eigenvalue weighted by Crippen LogP contribution is 2.31. The van der Waals surface area contributed by atoms with Crippen molar-refractivity contribution in [1.82, 2.24) is 0 Å². The largest absolute Gasteiger partial charge is 0.373 e. The number of rotatable bonds is 5. The van der Waals surface area contributed by atoms with Crippen LogP contribution in [0.1, 0.15) is 35.8 Å². The van der Waals surface area contributed by atoms with Gasteiger partial charge in [0, 0.05) is 16.7 Å². The van der Waals surface area contributed by atoms with E-state index in [0.29, 0.717) is 16.3 Å². The summed E-state index contributed by atoms with van der Waals surface area (Å²) >= 11 is 6.14. The third-order valence-corrected chi connectivity index (χ3v) is 3.69. The summed E-state index contributed by atoms with van der Waals surface area (Å²) < 4.78 is 0. The molecule has 5 nitrogen and oxygen atoms in total. The zero-order valence-electron chi connectivity index (χ0n) is 12.2. The Kier molecular flexibility index (Phi) is 4.78. The Hall–Kier alpha value is -2.40. The monoisotopic (exact) mass is 318 g/mol. The fourth-order valence-electron chi connectivity index (χ4n) is 2.16. The molecule has 0 fully saturated rings. The van der Waals surface area contributed by atoms with E-state index in [0.717, 1.165) is 5.56 Å². The molecule has 22 heavy (non-hydrogen) atoms. The molecule has 0 spiro atoms. The third-order valence-electron chi connectivity index (χ3n) is 3.34. The Balaban J connectivity index is 2.35. The van der Waals surface area contributed by atoms with Crippen LogP contribution in [0.3, 0.4) is 0 Å². The van der Waals surface area contributed by atoms with Gasteiger partial charge in [0.2, 0.25) is 0 Å². The number of Topliss-reactive ketones (excluding diaryl/α,β-unsaturated/α-hetero) is 1. The van der Waals surface area contributed by atoms with E-state index in [4.69, 9.17) is 11.6 Å². The summed E-state index contributed by atoms with van der Waals surface area (Å²) in [5.41, 5.74) is 1.37. The lowest BCUT2D eigenvalue weighted by Crippen LogP contribution is -2.09. The summed E-state index contributed by atoms with van der Waals surface area (Å²) in [5, 5.41) is 14.9. The highest BCUT2D eigenvalue weighted by atomic mass is 35.5. The molecule has 2 aromatic carbocycles. The molecule has 0 heterocycles. The second-order valence-corrected chi connectivity index (χ2v) is 5.34. The van der Waals surface area contributed by atoms with Crippen molar-refractivity contribution in [2.75, 3.05) is 5.32 Å². The van der Waals surface area contributed by atoms with Crippen LogP contribution in [0.5, 0.6) is 0 Å². The van der Waals surface area contributed by atoms with Gasteiger partial charge in [0.25, 0.3) is 5.69 Å². The maximum Gasteiger partial charge on any atom is 0.293 e. The van der Waals surface area contributed by atoms with Crippen molar-refractivity contribution in [3.05, 3.63) is 68.7 Å². The van der Waals surface area contributed by atoms with Crippen LogP contribution in [0.15, 0.2) is 42.5 Å². The lowest BCUT2D eigenvalue weighted by atomic mass is 10.1. The van der Waals surface area contributed by atoms with Crippen molar-refractivity contribution in [3.8, 4) is 0 Å². The van der Waals surface area contributed by atoms with E-state index in [1.165, 1.54) is 13.0 Å². The van der Waals surface area contributed by atoms with Gasteiger partial charge in [-0.2, -0.15) is 0 Å². The molecular formula is C16H15ClN2O3. The van der Waals surface area contributed by atoms with Crippen molar-refractivity contribution >= 4 is 28.8 Å². The van der Waals surface area contributed by atoms with Crippen molar-refractivity contribution < 1.29 is 9.72 Å². The molecule has 0 aliphatic heterocycles. The van der Waals surface area contributed by atoms with E-state index in [9.17, 15) is 14.9 Å². The number of carbonyl (C=O) groups excluding carboxylic acids is 1. The number of ketones is 1. The van der Waals surface area contributed by atoms with Crippen LogP contribution in [0, 0.1) is 10.1 Å². The van der Waals surface area contributed by atoms with Crippen LogP contribution in [0.2, 0.25) is 5.02 Å². The van der Waals surface area contributed by atoms with E-state index in [-0.39, 0.29) is 17.5 Å². The number of nitrogens with one attached hydrogen (secondary N) is 1. The first-order valence-corrected chi connectivity index (χ1v) is 7.08. The fourth-order valence-corrected chi connectivity index (χ4v) is 2.46. The molecule has 114 valence electrons. The minimum absolute atomic E-state index is 0.133. The molecule has 0 radical (unpaired) electrons. The number of nitro groups is 1. The Morgan fingerprint density at radius 2 is 1.95 bits per heavy atom. The number of hydrogen-bond acceptors (Lipinski definition) is 4. The van der Waals surface area contributed by atoms with Crippen LogP contribution in [0.25, 0.3) is 0 Å². The molecule has 0 aliphatic rings. The van der Waals surface area contributed by atoms with Crippen molar-refractivity contribution in [2.24, 2.45) is 0 Å². The Morgan fingerprint density at radius 1 is 1.27 bits per heavy atom. The van der Waals surface area contributed by atoms with Gasteiger partial charge in [0.1, 0.15) is 5.69 Å². The predicted molar refractivity (Wildman–Crippen MR) is 86.6 cm³/mol. The van der Waals surface area contributed by atoms with Gasteiger partial charge in [-0.05, 0) is 37.6 Å². The minimum atomic E-state index is -0.506. The average Bonchev–Trinajstić information content (AvgIpc) is 2.47. The highest BCUT2D eigenvalue weighted by molar-refractivity contribution is 6.31. The number of halogens is 1. The predicted octanol–water partition coefficient (Wildman–Crippen LogP) is 4.62. The SMILES string of the molecule is CC(=O)c1ccc(N[C@@H](C)c2ccccc2Cl)c([N+](=O)[O-])c1. The van der Waals surface area contributed by atoms with Crippen LogP contribution >= 0.6 is 11.6 Å². The maximum atomic E-state index is 11.4. The summed E-state index contributed by atoms with van der Waals surface area (Å²) in [6, 6.07) is 11.5. The number of benzene rings is 2. The molecule has 0 saturated heterocycles. The van der Waals surface area contributed by atoms with Gasteiger partial charge >= 0.3 is 0 Å². The number of nitrogens with zero attached hydrogens (tertiary/aromatic N) is 1. The van der Waals surface area contributed by atoms with Gasteiger partial charge in [0.15, 0.2) is 5.78 Å². The first kappa shape index (κ1) is 16.0. The van der Waals surface area contributed by atoms with Gasteiger partial charge in [-0.15, -0.1) is 0 Å². The summed E-state index contributed by atoms with van der Waals surface area (Å²) in [7, 11) is 0.